The van der Waals surface area contributed by atoms with Crippen molar-refractivity contribution in [3.63, 3.8) is 0 Å². The van der Waals surface area contributed by atoms with E-state index in [1.807, 2.05) is 24.3 Å². The van der Waals surface area contributed by atoms with Crippen LogP contribution in [0.2, 0.25) is 5.02 Å². The molecule has 0 radical (unpaired) electrons. The smallest absolute Gasteiger partial charge is 0.329 e. The molecule has 0 spiro atoms. The predicted octanol–water partition coefficient (Wildman–Crippen LogP) is 3.89. The molecule has 8 nitrogen and oxygen atoms in total. The predicted molar refractivity (Wildman–Crippen MR) is 124 cm³/mol. The number of nitrogens with zero attached hydrogens (tertiary/aromatic N) is 2. The zero-order valence-electron chi connectivity index (χ0n) is 17.5. The Hall–Kier alpha value is -4.35. The van der Waals surface area contributed by atoms with Crippen molar-refractivity contribution < 1.29 is 19.1 Å². The van der Waals surface area contributed by atoms with Crippen molar-refractivity contribution in [2.45, 2.75) is 6.61 Å². The molecule has 0 fully saturated rings. The molecule has 33 heavy (non-hydrogen) atoms. The summed E-state index contributed by atoms with van der Waals surface area (Å²) in [5, 5.41) is 15.6. The van der Waals surface area contributed by atoms with Gasteiger partial charge in [0.15, 0.2) is 11.5 Å². The molecule has 3 rings (SSSR count). The van der Waals surface area contributed by atoms with Crippen molar-refractivity contribution in [1.29, 1.82) is 5.26 Å². The van der Waals surface area contributed by atoms with Crippen LogP contribution < -0.4 is 20.2 Å². The van der Waals surface area contributed by atoms with Crippen LogP contribution in [0, 0.1) is 11.3 Å². The highest BCUT2D eigenvalue weighted by Crippen LogP contribution is 2.29. The van der Waals surface area contributed by atoms with Crippen LogP contribution in [-0.2, 0) is 16.2 Å². The van der Waals surface area contributed by atoms with E-state index in [-0.39, 0.29) is 6.61 Å². The third-order valence-corrected chi connectivity index (χ3v) is 4.76. The van der Waals surface area contributed by atoms with Crippen molar-refractivity contribution in [3.8, 4) is 17.6 Å². The number of carbonyl (C=O) groups excluding carboxylic acids is 2. The molecule has 0 saturated carbocycles. The largest absolute Gasteiger partial charge is 0.493 e. The molecule has 0 unspecified atom stereocenters. The van der Waals surface area contributed by atoms with Gasteiger partial charge in [-0.15, -0.1) is 0 Å². The lowest BCUT2D eigenvalue weighted by Crippen LogP contribution is -2.32. The molecule has 0 bridgehead atoms. The first-order chi connectivity index (χ1) is 16.0. The van der Waals surface area contributed by atoms with Crippen LogP contribution in [0.15, 0.2) is 71.8 Å². The standard InChI is InChI=1S/C24H19ClN4O4/c1-32-22-12-17(8-11-21(22)33-15-18-4-2-3-5-20(18)25)14-27-29-24(31)23(30)28-19-9-6-16(13-26)7-10-19/h2-12,14H,15H2,1H3,(H,28,30)(H,29,31)/b27-14+. The van der Waals surface area contributed by atoms with Gasteiger partial charge in [0.25, 0.3) is 0 Å². The number of nitrogens with one attached hydrogen (secondary N) is 2. The second-order valence-corrected chi connectivity index (χ2v) is 7.04. The van der Waals surface area contributed by atoms with Gasteiger partial charge in [-0.2, -0.15) is 10.4 Å². The van der Waals surface area contributed by atoms with E-state index in [4.69, 9.17) is 26.3 Å². The highest BCUT2D eigenvalue weighted by Gasteiger charge is 2.13. The summed E-state index contributed by atoms with van der Waals surface area (Å²) >= 11 is 6.15. The van der Waals surface area contributed by atoms with Crippen LogP contribution in [0.4, 0.5) is 5.69 Å². The molecular weight excluding hydrogens is 444 g/mol. The van der Waals surface area contributed by atoms with Crippen molar-refractivity contribution >= 4 is 35.3 Å². The van der Waals surface area contributed by atoms with Gasteiger partial charge < -0.3 is 14.8 Å². The number of nitriles is 1. The van der Waals surface area contributed by atoms with E-state index < -0.39 is 11.8 Å². The molecule has 9 heteroatoms. The number of benzene rings is 3. The molecule has 3 aromatic rings. The normalized spacial score (nSPS) is 10.3. The number of ether oxygens (including phenoxy) is 2. The summed E-state index contributed by atoms with van der Waals surface area (Å²) in [6.07, 6.45) is 1.37. The topological polar surface area (TPSA) is 113 Å². The van der Waals surface area contributed by atoms with Crippen molar-refractivity contribution in [2.24, 2.45) is 5.10 Å². The van der Waals surface area contributed by atoms with Gasteiger partial charge in [-0.1, -0.05) is 29.8 Å². The zero-order chi connectivity index (χ0) is 23.6. The Morgan fingerprint density at radius 1 is 1.06 bits per heavy atom. The Morgan fingerprint density at radius 3 is 2.52 bits per heavy atom. The Balaban J connectivity index is 1.56. The van der Waals surface area contributed by atoms with E-state index in [1.54, 1.807) is 24.3 Å². The SMILES string of the molecule is COc1cc(/C=N/NC(=O)C(=O)Nc2ccc(C#N)cc2)ccc1OCc1ccccc1Cl. The average molecular weight is 463 g/mol. The lowest BCUT2D eigenvalue weighted by atomic mass is 10.2. The van der Waals surface area contributed by atoms with Crippen LogP contribution in [0.1, 0.15) is 16.7 Å². The first-order valence-corrected chi connectivity index (χ1v) is 10.1. The summed E-state index contributed by atoms with van der Waals surface area (Å²) in [7, 11) is 1.51. The molecular formula is C24H19ClN4O4. The number of anilines is 1. The van der Waals surface area contributed by atoms with Crippen LogP contribution in [-0.4, -0.2) is 25.1 Å². The van der Waals surface area contributed by atoms with Crippen molar-refractivity contribution in [1.82, 2.24) is 5.43 Å². The lowest BCUT2D eigenvalue weighted by molar-refractivity contribution is -0.136. The van der Waals surface area contributed by atoms with Crippen molar-refractivity contribution in [2.75, 3.05) is 12.4 Å². The van der Waals surface area contributed by atoms with Crippen LogP contribution in [0.25, 0.3) is 0 Å². The number of methoxy groups -OCH3 is 1. The second kappa shape index (κ2) is 11.3. The Labute approximate surface area is 195 Å². The summed E-state index contributed by atoms with van der Waals surface area (Å²) in [6, 6.07) is 20.5. The minimum Gasteiger partial charge on any atom is -0.493 e. The molecule has 0 aliphatic carbocycles. The molecule has 0 aromatic heterocycles. The van der Waals surface area contributed by atoms with E-state index in [0.29, 0.717) is 33.3 Å². The zero-order valence-corrected chi connectivity index (χ0v) is 18.3. The number of hydrogen-bond acceptors (Lipinski definition) is 6. The fraction of sp³-hybridized carbons (Fsp3) is 0.0833. The minimum absolute atomic E-state index is 0.272. The highest BCUT2D eigenvalue weighted by atomic mass is 35.5. The Morgan fingerprint density at radius 2 is 1.82 bits per heavy atom. The average Bonchev–Trinajstić information content (AvgIpc) is 2.84. The van der Waals surface area contributed by atoms with Gasteiger partial charge in [0, 0.05) is 16.3 Å². The van der Waals surface area contributed by atoms with Gasteiger partial charge in [0.2, 0.25) is 0 Å². The van der Waals surface area contributed by atoms with Gasteiger partial charge in [-0.05, 0) is 54.1 Å². The van der Waals surface area contributed by atoms with Crippen LogP contribution in [0.3, 0.4) is 0 Å². The monoisotopic (exact) mass is 462 g/mol. The Bertz CT molecular complexity index is 1220. The molecule has 166 valence electrons. The maximum absolute atomic E-state index is 12.0. The van der Waals surface area contributed by atoms with E-state index >= 15 is 0 Å². The minimum atomic E-state index is -0.942. The highest BCUT2D eigenvalue weighted by molar-refractivity contribution is 6.39. The quantitative estimate of drug-likeness (QED) is 0.314. The van der Waals surface area contributed by atoms with Crippen molar-refractivity contribution in [3.05, 3.63) is 88.4 Å². The van der Waals surface area contributed by atoms with Gasteiger partial charge in [-0.25, -0.2) is 5.43 Å². The van der Waals surface area contributed by atoms with E-state index in [1.165, 1.54) is 37.6 Å². The molecule has 2 amide bonds. The first kappa shape index (κ1) is 23.3. The van der Waals surface area contributed by atoms with E-state index in [2.05, 4.69) is 15.8 Å². The number of amides is 2. The van der Waals surface area contributed by atoms with Gasteiger partial charge in [0.05, 0.1) is 25.0 Å². The summed E-state index contributed by atoms with van der Waals surface area (Å²) in [5.74, 6) is -0.851. The third-order valence-electron chi connectivity index (χ3n) is 4.39. The fourth-order valence-electron chi connectivity index (χ4n) is 2.69. The number of rotatable bonds is 7. The molecule has 0 saturated heterocycles. The van der Waals surface area contributed by atoms with E-state index in [9.17, 15) is 9.59 Å². The molecule has 0 aliphatic heterocycles. The van der Waals surface area contributed by atoms with Crippen LogP contribution >= 0.6 is 11.6 Å². The van der Waals surface area contributed by atoms with E-state index in [0.717, 1.165) is 5.56 Å². The molecule has 2 N–H and O–H groups in total. The number of carbonyl (C=O) groups is 2. The second-order valence-electron chi connectivity index (χ2n) is 6.63. The first-order valence-electron chi connectivity index (χ1n) is 9.69. The lowest BCUT2D eigenvalue weighted by Gasteiger charge is -2.12. The molecule has 0 atom stereocenters. The maximum atomic E-state index is 12.0. The summed E-state index contributed by atoms with van der Waals surface area (Å²) in [5.41, 5.74) is 4.44. The molecule has 0 heterocycles. The van der Waals surface area contributed by atoms with Gasteiger partial charge in [0.1, 0.15) is 6.61 Å². The number of hydrazone groups is 1. The fourth-order valence-corrected chi connectivity index (χ4v) is 2.88. The molecule has 3 aromatic carbocycles. The molecule has 0 aliphatic rings. The summed E-state index contributed by atoms with van der Waals surface area (Å²) in [4.78, 5) is 23.9. The third kappa shape index (κ3) is 6.56. The number of halogens is 1. The van der Waals surface area contributed by atoms with Gasteiger partial charge >= 0.3 is 11.8 Å². The number of hydrogen-bond donors (Lipinski definition) is 2. The Kier molecular flexibility index (Phi) is 8.00. The van der Waals surface area contributed by atoms with Crippen LogP contribution in [0.5, 0.6) is 11.5 Å². The maximum Gasteiger partial charge on any atom is 0.329 e. The van der Waals surface area contributed by atoms with Gasteiger partial charge in [-0.3, -0.25) is 9.59 Å². The summed E-state index contributed by atoms with van der Waals surface area (Å²) in [6.45, 7) is 0.272. The summed E-state index contributed by atoms with van der Waals surface area (Å²) < 4.78 is 11.2.